The first-order valence-electron chi connectivity index (χ1n) is 5.40. The maximum Gasteiger partial charge on any atom is 0.261 e. The van der Waals surface area contributed by atoms with E-state index in [0.29, 0.717) is 15.8 Å². The number of amides is 1. The van der Waals surface area contributed by atoms with Gasteiger partial charge in [-0.3, -0.25) is 4.79 Å². The van der Waals surface area contributed by atoms with Gasteiger partial charge in [-0.05, 0) is 34.1 Å². The third-order valence-electron chi connectivity index (χ3n) is 2.44. The normalized spacial score (nSPS) is 12.4. The third-order valence-corrected chi connectivity index (χ3v) is 5.45. The number of nitrogens with one attached hydrogen (secondary N) is 1. The Kier molecular flexibility index (Phi) is 5.41. The Labute approximate surface area is 132 Å². The molecule has 3 nitrogen and oxygen atoms in total. The molecule has 0 fully saturated rings. The lowest BCUT2D eigenvalue weighted by molar-refractivity contribution is 0.0841. The van der Waals surface area contributed by atoms with E-state index in [0.717, 1.165) is 9.35 Å². The highest BCUT2D eigenvalue weighted by molar-refractivity contribution is 9.10. The SMILES string of the molecule is CO[C@H](CNC(=O)c1cc(Br)cs1)c1ccc(Cl)s1. The smallest absolute Gasteiger partial charge is 0.261 e. The van der Waals surface area contributed by atoms with E-state index < -0.39 is 0 Å². The molecular formula is C12H11BrClNO2S2. The molecule has 19 heavy (non-hydrogen) atoms. The zero-order valence-corrected chi connectivity index (χ0v) is 14.0. The summed E-state index contributed by atoms with van der Waals surface area (Å²) in [6, 6.07) is 5.53. The van der Waals surface area contributed by atoms with Crippen molar-refractivity contribution in [2.24, 2.45) is 0 Å². The first-order valence-corrected chi connectivity index (χ1v) is 8.27. The predicted molar refractivity (Wildman–Crippen MR) is 83.4 cm³/mol. The molecule has 2 rings (SSSR count). The van der Waals surface area contributed by atoms with Crippen molar-refractivity contribution in [2.45, 2.75) is 6.10 Å². The van der Waals surface area contributed by atoms with Crippen molar-refractivity contribution in [3.05, 3.63) is 42.1 Å². The first-order chi connectivity index (χ1) is 9.10. The van der Waals surface area contributed by atoms with Gasteiger partial charge in [0.25, 0.3) is 5.91 Å². The van der Waals surface area contributed by atoms with Gasteiger partial charge in [-0.1, -0.05) is 11.6 Å². The van der Waals surface area contributed by atoms with E-state index in [9.17, 15) is 4.79 Å². The van der Waals surface area contributed by atoms with Crippen molar-refractivity contribution in [2.75, 3.05) is 13.7 Å². The Bertz CT molecular complexity index is 570. The summed E-state index contributed by atoms with van der Waals surface area (Å²) in [6.45, 7) is 0.418. The molecule has 1 amide bonds. The van der Waals surface area contributed by atoms with Crippen molar-refractivity contribution in [1.29, 1.82) is 0 Å². The molecule has 0 aromatic carbocycles. The minimum absolute atomic E-state index is 0.0968. The van der Waals surface area contributed by atoms with E-state index in [1.807, 2.05) is 17.5 Å². The monoisotopic (exact) mass is 379 g/mol. The minimum Gasteiger partial charge on any atom is -0.374 e. The summed E-state index contributed by atoms with van der Waals surface area (Å²) in [5, 5.41) is 4.74. The van der Waals surface area contributed by atoms with Crippen LogP contribution in [-0.2, 0) is 4.74 Å². The molecule has 0 aliphatic rings. The second kappa shape index (κ2) is 6.85. The second-order valence-electron chi connectivity index (χ2n) is 3.71. The summed E-state index contributed by atoms with van der Waals surface area (Å²) in [4.78, 5) is 13.6. The molecule has 1 N–H and O–H groups in total. The van der Waals surface area contributed by atoms with E-state index in [4.69, 9.17) is 16.3 Å². The predicted octanol–water partition coefficient (Wildman–Crippen LogP) is 4.34. The number of rotatable bonds is 5. The summed E-state index contributed by atoms with van der Waals surface area (Å²) < 4.78 is 7.00. The van der Waals surface area contributed by atoms with Gasteiger partial charge in [-0.15, -0.1) is 22.7 Å². The van der Waals surface area contributed by atoms with E-state index >= 15 is 0 Å². The van der Waals surface area contributed by atoms with Crippen LogP contribution in [0, 0.1) is 0 Å². The van der Waals surface area contributed by atoms with Crippen LogP contribution in [0.3, 0.4) is 0 Å². The topological polar surface area (TPSA) is 38.3 Å². The number of methoxy groups -OCH3 is 1. The molecule has 0 saturated heterocycles. The standard InChI is InChI=1S/C12H11BrClNO2S2/c1-17-8(9-2-3-11(14)19-9)5-15-12(16)10-4-7(13)6-18-10/h2-4,6,8H,5H2,1H3,(H,15,16)/t8-/m1/s1. The number of carbonyl (C=O) groups is 1. The fraction of sp³-hybridized carbons (Fsp3) is 0.250. The van der Waals surface area contributed by atoms with Crippen LogP contribution in [0.4, 0.5) is 0 Å². The number of thiophene rings is 2. The van der Waals surface area contributed by atoms with Crippen molar-refractivity contribution < 1.29 is 9.53 Å². The summed E-state index contributed by atoms with van der Waals surface area (Å²) in [7, 11) is 1.62. The Morgan fingerprint density at radius 1 is 1.58 bits per heavy atom. The lowest BCUT2D eigenvalue weighted by Gasteiger charge is -2.14. The van der Waals surface area contributed by atoms with Gasteiger partial charge in [-0.2, -0.15) is 0 Å². The first kappa shape index (κ1) is 15.0. The van der Waals surface area contributed by atoms with Crippen LogP contribution in [0.2, 0.25) is 4.34 Å². The zero-order chi connectivity index (χ0) is 13.8. The van der Waals surface area contributed by atoms with E-state index in [-0.39, 0.29) is 12.0 Å². The molecule has 102 valence electrons. The van der Waals surface area contributed by atoms with Crippen LogP contribution in [0.25, 0.3) is 0 Å². The highest BCUT2D eigenvalue weighted by Crippen LogP contribution is 2.28. The second-order valence-corrected chi connectivity index (χ2v) is 7.28. The fourth-order valence-corrected chi connectivity index (χ4v) is 3.99. The molecule has 0 spiro atoms. The minimum atomic E-state index is -0.176. The van der Waals surface area contributed by atoms with Gasteiger partial charge in [-0.25, -0.2) is 0 Å². The molecule has 2 aromatic heterocycles. The van der Waals surface area contributed by atoms with Crippen LogP contribution in [0.1, 0.15) is 20.7 Å². The van der Waals surface area contributed by atoms with E-state index in [1.54, 1.807) is 13.2 Å². The number of carbonyl (C=O) groups excluding carboxylic acids is 1. The molecule has 2 aromatic rings. The molecule has 0 saturated carbocycles. The number of halogens is 2. The van der Waals surface area contributed by atoms with Gasteiger partial charge in [0.1, 0.15) is 6.10 Å². The Morgan fingerprint density at radius 2 is 2.37 bits per heavy atom. The highest BCUT2D eigenvalue weighted by atomic mass is 79.9. The molecule has 0 radical (unpaired) electrons. The number of hydrogen-bond acceptors (Lipinski definition) is 4. The maximum atomic E-state index is 11.9. The van der Waals surface area contributed by atoms with E-state index in [2.05, 4.69) is 21.2 Å². The van der Waals surface area contributed by atoms with Crippen LogP contribution in [0.5, 0.6) is 0 Å². The van der Waals surface area contributed by atoms with Gasteiger partial charge >= 0.3 is 0 Å². The Morgan fingerprint density at radius 3 is 2.89 bits per heavy atom. The van der Waals surface area contributed by atoms with Crippen molar-refractivity contribution in [1.82, 2.24) is 5.32 Å². The van der Waals surface area contributed by atoms with Crippen LogP contribution in [0.15, 0.2) is 28.1 Å². The van der Waals surface area contributed by atoms with Crippen molar-refractivity contribution in [3.63, 3.8) is 0 Å². The van der Waals surface area contributed by atoms with Gasteiger partial charge in [0.15, 0.2) is 0 Å². The summed E-state index contributed by atoms with van der Waals surface area (Å²) in [5.74, 6) is -0.0968. The average Bonchev–Trinajstić information content (AvgIpc) is 2.99. The number of hydrogen-bond donors (Lipinski definition) is 1. The van der Waals surface area contributed by atoms with Crippen LogP contribution in [-0.4, -0.2) is 19.6 Å². The summed E-state index contributed by atoms with van der Waals surface area (Å²) in [5.41, 5.74) is 0. The summed E-state index contributed by atoms with van der Waals surface area (Å²) in [6.07, 6.45) is -0.176. The van der Waals surface area contributed by atoms with Crippen molar-refractivity contribution in [3.8, 4) is 0 Å². The molecular weight excluding hydrogens is 370 g/mol. The fourth-order valence-electron chi connectivity index (χ4n) is 1.51. The molecule has 2 heterocycles. The summed E-state index contributed by atoms with van der Waals surface area (Å²) >= 11 is 12.1. The van der Waals surface area contributed by atoms with Gasteiger partial charge in [0.05, 0.1) is 9.21 Å². The molecule has 0 unspecified atom stereocenters. The zero-order valence-electron chi connectivity index (χ0n) is 9.98. The molecule has 1 atom stereocenters. The van der Waals surface area contributed by atoms with Gasteiger partial charge in [0, 0.05) is 28.4 Å². The average molecular weight is 381 g/mol. The van der Waals surface area contributed by atoms with E-state index in [1.165, 1.54) is 22.7 Å². The lowest BCUT2D eigenvalue weighted by Crippen LogP contribution is -2.28. The Balaban J connectivity index is 1.95. The quantitative estimate of drug-likeness (QED) is 0.838. The largest absolute Gasteiger partial charge is 0.374 e. The lowest BCUT2D eigenvalue weighted by atomic mass is 10.3. The third kappa shape index (κ3) is 4.03. The highest BCUT2D eigenvalue weighted by Gasteiger charge is 2.15. The maximum absolute atomic E-state index is 11.9. The Hall–Kier alpha value is -0.400. The van der Waals surface area contributed by atoms with Gasteiger partial charge in [0.2, 0.25) is 0 Å². The molecule has 0 aliphatic carbocycles. The molecule has 0 bridgehead atoms. The molecule has 7 heteroatoms. The molecule has 0 aliphatic heterocycles. The van der Waals surface area contributed by atoms with Crippen LogP contribution < -0.4 is 5.32 Å². The van der Waals surface area contributed by atoms with Crippen LogP contribution >= 0.6 is 50.2 Å². The van der Waals surface area contributed by atoms with Crippen molar-refractivity contribution >= 4 is 56.1 Å². The van der Waals surface area contributed by atoms with Gasteiger partial charge < -0.3 is 10.1 Å². The number of ether oxygens (including phenoxy) is 1.